The van der Waals surface area contributed by atoms with E-state index >= 15 is 0 Å². The summed E-state index contributed by atoms with van der Waals surface area (Å²) in [5, 5.41) is 8.98. The summed E-state index contributed by atoms with van der Waals surface area (Å²) in [6.07, 6.45) is 4.62. The highest BCUT2D eigenvalue weighted by Crippen LogP contribution is 2.47. The second-order valence-electron chi connectivity index (χ2n) is 4.87. The van der Waals surface area contributed by atoms with E-state index in [2.05, 4.69) is 0 Å². The van der Waals surface area contributed by atoms with Crippen molar-refractivity contribution in [2.24, 2.45) is 11.3 Å². The molecule has 2 rings (SSSR count). The number of rotatable bonds is 4. The van der Waals surface area contributed by atoms with Crippen LogP contribution in [0.2, 0.25) is 0 Å². The molecule has 2 aliphatic rings. The molecule has 0 atom stereocenters. The highest BCUT2D eigenvalue weighted by atomic mass is 16.4. The molecule has 0 unspecified atom stereocenters. The lowest BCUT2D eigenvalue weighted by molar-refractivity contribution is -0.153. The summed E-state index contributed by atoms with van der Waals surface area (Å²) in [6, 6.07) is 0. The van der Waals surface area contributed by atoms with Gasteiger partial charge in [-0.05, 0) is 31.6 Å². The Kier molecular flexibility index (Phi) is 2.44. The Morgan fingerprint density at radius 1 is 1.40 bits per heavy atom. The lowest BCUT2D eigenvalue weighted by Gasteiger charge is -2.31. The van der Waals surface area contributed by atoms with Crippen molar-refractivity contribution in [3.8, 4) is 0 Å². The molecule has 0 aromatic rings. The van der Waals surface area contributed by atoms with Crippen molar-refractivity contribution in [1.29, 1.82) is 0 Å². The average Bonchev–Trinajstić information content (AvgIpc) is 2.90. The third-order valence-electron chi connectivity index (χ3n) is 3.67. The second kappa shape index (κ2) is 3.51. The quantitative estimate of drug-likeness (QED) is 0.709. The van der Waals surface area contributed by atoms with Crippen LogP contribution in [0, 0.1) is 11.3 Å². The van der Waals surface area contributed by atoms with Gasteiger partial charge in [0.2, 0.25) is 5.91 Å². The molecule has 15 heavy (non-hydrogen) atoms. The van der Waals surface area contributed by atoms with Crippen molar-refractivity contribution in [1.82, 2.24) is 4.90 Å². The van der Waals surface area contributed by atoms with Gasteiger partial charge < -0.3 is 10.0 Å². The zero-order valence-corrected chi connectivity index (χ0v) is 9.03. The number of carboxylic acids is 1. The number of nitrogens with zero attached hydrogens (tertiary/aromatic N) is 1. The molecule has 0 spiro atoms. The highest BCUT2D eigenvalue weighted by Gasteiger charge is 2.58. The first kappa shape index (κ1) is 10.5. The fraction of sp³-hybridized carbons (Fsp3) is 0.818. The Bertz CT molecular complexity index is 292. The summed E-state index contributed by atoms with van der Waals surface area (Å²) < 4.78 is 0. The molecule has 2 fully saturated rings. The van der Waals surface area contributed by atoms with Crippen molar-refractivity contribution >= 4 is 11.9 Å². The van der Waals surface area contributed by atoms with Crippen LogP contribution in [0.1, 0.15) is 32.1 Å². The monoisotopic (exact) mass is 211 g/mol. The van der Waals surface area contributed by atoms with Gasteiger partial charge >= 0.3 is 5.97 Å². The van der Waals surface area contributed by atoms with Crippen LogP contribution < -0.4 is 0 Å². The predicted octanol–water partition coefficient (Wildman–Crippen LogP) is 1.11. The largest absolute Gasteiger partial charge is 0.480 e. The minimum absolute atomic E-state index is 0.193. The molecule has 0 radical (unpaired) electrons. The number of amides is 1. The maximum Gasteiger partial charge on any atom is 0.319 e. The van der Waals surface area contributed by atoms with E-state index in [4.69, 9.17) is 5.11 Å². The smallest absolute Gasteiger partial charge is 0.319 e. The molecular weight excluding hydrogens is 194 g/mol. The number of hydrogen-bond donors (Lipinski definition) is 1. The molecule has 0 bridgehead atoms. The summed E-state index contributed by atoms with van der Waals surface area (Å²) in [7, 11) is 1.73. The van der Waals surface area contributed by atoms with Crippen molar-refractivity contribution in [2.45, 2.75) is 32.1 Å². The van der Waals surface area contributed by atoms with Crippen LogP contribution >= 0.6 is 0 Å². The summed E-state index contributed by atoms with van der Waals surface area (Å²) in [4.78, 5) is 24.5. The second-order valence-corrected chi connectivity index (χ2v) is 4.87. The number of carboxylic acid groups (broad SMARTS) is 1. The first-order valence-corrected chi connectivity index (χ1v) is 5.55. The molecule has 0 heterocycles. The van der Waals surface area contributed by atoms with Gasteiger partial charge in [0.15, 0.2) is 0 Å². The number of aliphatic carboxylic acids is 1. The van der Waals surface area contributed by atoms with Gasteiger partial charge in [-0.2, -0.15) is 0 Å². The third kappa shape index (κ3) is 1.73. The van der Waals surface area contributed by atoms with E-state index in [0.717, 1.165) is 6.54 Å². The van der Waals surface area contributed by atoms with Crippen LogP contribution in [0.5, 0.6) is 0 Å². The van der Waals surface area contributed by atoms with E-state index in [0.29, 0.717) is 18.8 Å². The zero-order valence-electron chi connectivity index (χ0n) is 9.03. The van der Waals surface area contributed by atoms with E-state index in [1.807, 2.05) is 0 Å². The molecule has 4 heteroatoms. The summed E-state index contributed by atoms with van der Waals surface area (Å²) in [6.45, 7) is 0.730. The van der Waals surface area contributed by atoms with E-state index < -0.39 is 11.4 Å². The highest BCUT2D eigenvalue weighted by molar-refractivity contribution is 6.04. The van der Waals surface area contributed by atoms with E-state index in [1.54, 1.807) is 11.9 Å². The third-order valence-corrected chi connectivity index (χ3v) is 3.67. The van der Waals surface area contributed by atoms with Crippen molar-refractivity contribution < 1.29 is 14.7 Å². The first-order chi connectivity index (χ1) is 7.06. The Morgan fingerprint density at radius 2 is 2.00 bits per heavy atom. The normalized spacial score (nSPS) is 23.0. The van der Waals surface area contributed by atoms with Gasteiger partial charge in [0.1, 0.15) is 5.41 Å². The Morgan fingerprint density at radius 3 is 2.33 bits per heavy atom. The standard InChI is InChI=1S/C11H17NO3/c1-12(7-8-3-2-4-8)9(13)11(5-6-11)10(14)15/h8H,2-7H2,1H3,(H,14,15). The fourth-order valence-corrected chi connectivity index (χ4v) is 2.16. The molecule has 2 saturated carbocycles. The van der Waals surface area contributed by atoms with Crippen molar-refractivity contribution in [3.05, 3.63) is 0 Å². The van der Waals surface area contributed by atoms with Crippen molar-refractivity contribution in [3.63, 3.8) is 0 Å². The molecule has 84 valence electrons. The topological polar surface area (TPSA) is 57.6 Å². The van der Waals surface area contributed by atoms with Gasteiger partial charge in [-0.1, -0.05) is 6.42 Å². The van der Waals surface area contributed by atoms with E-state index in [-0.39, 0.29) is 5.91 Å². The molecule has 0 aromatic heterocycles. The summed E-state index contributed by atoms with van der Waals surface area (Å²) in [5.74, 6) is -0.543. The maximum absolute atomic E-state index is 11.9. The predicted molar refractivity (Wildman–Crippen MR) is 54.3 cm³/mol. The molecule has 0 aromatic carbocycles. The molecule has 0 saturated heterocycles. The Labute approximate surface area is 89.3 Å². The lowest BCUT2D eigenvalue weighted by Crippen LogP contribution is -2.41. The molecule has 2 aliphatic carbocycles. The first-order valence-electron chi connectivity index (χ1n) is 5.55. The minimum atomic E-state index is -1.06. The summed E-state index contributed by atoms with van der Waals surface area (Å²) >= 11 is 0. The number of hydrogen-bond acceptors (Lipinski definition) is 2. The lowest BCUT2D eigenvalue weighted by atomic mass is 9.85. The van der Waals surface area contributed by atoms with Crippen LogP contribution in [0.3, 0.4) is 0 Å². The molecular formula is C11H17NO3. The van der Waals surface area contributed by atoms with Gasteiger partial charge in [-0.15, -0.1) is 0 Å². The van der Waals surface area contributed by atoms with Crippen LogP contribution in [-0.2, 0) is 9.59 Å². The van der Waals surface area contributed by atoms with Crippen LogP contribution in [0.25, 0.3) is 0 Å². The molecule has 4 nitrogen and oxygen atoms in total. The van der Waals surface area contributed by atoms with E-state index in [1.165, 1.54) is 19.3 Å². The fourth-order valence-electron chi connectivity index (χ4n) is 2.16. The Hall–Kier alpha value is -1.06. The number of carbonyl (C=O) groups is 2. The zero-order chi connectivity index (χ0) is 11.1. The van der Waals surface area contributed by atoms with Crippen LogP contribution in [0.4, 0.5) is 0 Å². The minimum Gasteiger partial charge on any atom is -0.480 e. The van der Waals surface area contributed by atoms with Gasteiger partial charge in [0, 0.05) is 13.6 Å². The van der Waals surface area contributed by atoms with Crippen molar-refractivity contribution in [2.75, 3.05) is 13.6 Å². The Balaban J connectivity index is 1.92. The SMILES string of the molecule is CN(CC1CCC1)C(=O)C1(C(=O)O)CC1. The van der Waals surface area contributed by atoms with Gasteiger partial charge in [0.05, 0.1) is 0 Å². The molecule has 0 aliphatic heterocycles. The van der Waals surface area contributed by atoms with Crippen LogP contribution in [-0.4, -0.2) is 35.5 Å². The number of carbonyl (C=O) groups excluding carboxylic acids is 1. The van der Waals surface area contributed by atoms with Gasteiger partial charge in [0.25, 0.3) is 0 Å². The summed E-state index contributed by atoms with van der Waals surface area (Å²) in [5.41, 5.74) is -1.06. The van der Waals surface area contributed by atoms with E-state index in [9.17, 15) is 9.59 Å². The average molecular weight is 211 g/mol. The molecule has 1 amide bonds. The molecule has 1 N–H and O–H groups in total. The van der Waals surface area contributed by atoms with Gasteiger partial charge in [-0.25, -0.2) is 0 Å². The van der Waals surface area contributed by atoms with Crippen LogP contribution in [0.15, 0.2) is 0 Å². The maximum atomic E-state index is 11.9. The van der Waals surface area contributed by atoms with Gasteiger partial charge in [-0.3, -0.25) is 9.59 Å².